The highest BCUT2D eigenvalue weighted by atomic mass is 16.2. The Hall–Kier alpha value is -3.14. The van der Waals surface area contributed by atoms with Crippen LogP contribution in [-0.2, 0) is 0 Å². The van der Waals surface area contributed by atoms with E-state index in [1.165, 1.54) is 0 Å². The van der Waals surface area contributed by atoms with Crippen LogP contribution in [0.3, 0.4) is 0 Å². The topological polar surface area (TPSA) is 36.4 Å². The molecule has 4 rings (SSSR count). The second-order valence-corrected chi connectivity index (χ2v) is 6.87. The molecule has 3 aromatic rings. The van der Waals surface area contributed by atoms with Crippen molar-refractivity contribution in [3.05, 3.63) is 90.1 Å². The number of rotatable bonds is 4. The fraction of sp³-hybridized carbons (Fsp3) is 0.217. The first-order chi connectivity index (χ1) is 13.2. The molecule has 0 aliphatic carbocycles. The Morgan fingerprint density at radius 1 is 1.00 bits per heavy atom. The Kier molecular flexibility index (Phi) is 4.88. The molecule has 0 spiro atoms. The summed E-state index contributed by atoms with van der Waals surface area (Å²) in [4.78, 5) is 21.6. The molecule has 136 valence electrons. The molecule has 27 heavy (non-hydrogen) atoms. The predicted octanol–water partition coefficient (Wildman–Crippen LogP) is 4.83. The molecule has 1 aliphatic rings. The Balaban J connectivity index is 1.53. The summed E-state index contributed by atoms with van der Waals surface area (Å²) in [5, 5.41) is 0. The van der Waals surface area contributed by atoms with Crippen LogP contribution in [-0.4, -0.2) is 29.4 Å². The first kappa shape index (κ1) is 17.3. The minimum absolute atomic E-state index is 0.0984. The van der Waals surface area contributed by atoms with E-state index in [4.69, 9.17) is 0 Å². The third kappa shape index (κ3) is 3.56. The molecule has 1 saturated heterocycles. The summed E-state index contributed by atoms with van der Waals surface area (Å²) in [7, 11) is 2.01. The van der Waals surface area contributed by atoms with E-state index >= 15 is 0 Å². The molecule has 1 unspecified atom stereocenters. The van der Waals surface area contributed by atoms with Crippen molar-refractivity contribution in [3.63, 3.8) is 0 Å². The van der Waals surface area contributed by atoms with Gasteiger partial charge in [0.2, 0.25) is 0 Å². The quantitative estimate of drug-likeness (QED) is 0.671. The maximum absolute atomic E-state index is 12.9. The molecular weight excluding hydrogens is 334 g/mol. The summed E-state index contributed by atoms with van der Waals surface area (Å²) < 4.78 is 0. The fourth-order valence-corrected chi connectivity index (χ4v) is 3.68. The van der Waals surface area contributed by atoms with E-state index in [0.29, 0.717) is 0 Å². The highest BCUT2D eigenvalue weighted by Crippen LogP contribution is 2.33. The van der Waals surface area contributed by atoms with Gasteiger partial charge in [-0.3, -0.25) is 4.79 Å². The van der Waals surface area contributed by atoms with Crippen LogP contribution in [0.25, 0.3) is 0 Å². The van der Waals surface area contributed by atoms with Crippen LogP contribution in [0.4, 0.5) is 11.5 Å². The molecule has 1 aliphatic heterocycles. The number of para-hydroxylation sites is 1. The van der Waals surface area contributed by atoms with E-state index in [-0.39, 0.29) is 11.9 Å². The molecule has 0 N–H and O–H groups in total. The van der Waals surface area contributed by atoms with Crippen molar-refractivity contribution in [2.24, 2.45) is 0 Å². The number of anilines is 2. The molecular formula is C23H23N3O. The van der Waals surface area contributed by atoms with Crippen molar-refractivity contribution >= 4 is 17.4 Å². The van der Waals surface area contributed by atoms with Gasteiger partial charge in [-0.05, 0) is 48.7 Å². The van der Waals surface area contributed by atoms with Gasteiger partial charge >= 0.3 is 0 Å². The number of nitrogens with zero attached hydrogens (tertiary/aromatic N) is 3. The second kappa shape index (κ2) is 7.62. The zero-order valence-electron chi connectivity index (χ0n) is 15.5. The van der Waals surface area contributed by atoms with E-state index in [0.717, 1.165) is 42.0 Å². The van der Waals surface area contributed by atoms with Gasteiger partial charge in [-0.2, -0.15) is 0 Å². The summed E-state index contributed by atoms with van der Waals surface area (Å²) in [6.07, 6.45) is 3.92. The van der Waals surface area contributed by atoms with Crippen molar-refractivity contribution in [2.75, 3.05) is 18.5 Å². The number of benzene rings is 2. The lowest BCUT2D eigenvalue weighted by Gasteiger charge is -2.26. The Labute approximate surface area is 160 Å². The zero-order valence-corrected chi connectivity index (χ0v) is 15.5. The van der Waals surface area contributed by atoms with E-state index in [1.807, 2.05) is 72.7 Å². The highest BCUT2D eigenvalue weighted by Gasteiger charge is 2.30. The number of amides is 1. The molecule has 1 amide bonds. The van der Waals surface area contributed by atoms with Crippen LogP contribution in [0.5, 0.6) is 0 Å². The minimum atomic E-state index is 0.0984. The lowest BCUT2D eigenvalue weighted by molar-refractivity contribution is 0.0735. The van der Waals surface area contributed by atoms with Crippen LogP contribution in [0, 0.1) is 0 Å². The normalized spacial score (nSPS) is 16.3. The average molecular weight is 357 g/mol. The molecule has 0 bridgehead atoms. The molecule has 0 saturated carbocycles. The van der Waals surface area contributed by atoms with Crippen LogP contribution in [0.1, 0.15) is 34.8 Å². The Morgan fingerprint density at radius 3 is 2.37 bits per heavy atom. The van der Waals surface area contributed by atoms with Gasteiger partial charge < -0.3 is 9.80 Å². The summed E-state index contributed by atoms with van der Waals surface area (Å²) in [6, 6.07) is 23.9. The van der Waals surface area contributed by atoms with Gasteiger partial charge in [0, 0.05) is 31.0 Å². The smallest absolute Gasteiger partial charge is 0.254 e. The van der Waals surface area contributed by atoms with E-state index in [9.17, 15) is 4.79 Å². The number of carbonyl (C=O) groups excluding carboxylic acids is 1. The van der Waals surface area contributed by atoms with E-state index < -0.39 is 0 Å². The molecule has 1 fully saturated rings. The maximum Gasteiger partial charge on any atom is 0.254 e. The number of likely N-dealkylation sites (tertiary alicyclic amines) is 1. The Bertz CT molecular complexity index is 894. The maximum atomic E-state index is 12.9. The van der Waals surface area contributed by atoms with Crippen molar-refractivity contribution in [1.82, 2.24) is 9.88 Å². The summed E-state index contributed by atoms with van der Waals surface area (Å²) >= 11 is 0. The van der Waals surface area contributed by atoms with Gasteiger partial charge in [-0.1, -0.05) is 42.5 Å². The molecule has 0 radical (unpaired) electrons. The van der Waals surface area contributed by atoms with Crippen molar-refractivity contribution in [3.8, 4) is 0 Å². The highest BCUT2D eigenvalue weighted by molar-refractivity contribution is 5.94. The summed E-state index contributed by atoms with van der Waals surface area (Å²) in [5.41, 5.74) is 2.94. The van der Waals surface area contributed by atoms with Crippen LogP contribution < -0.4 is 4.90 Å². The van der Waals surface area contributed by atoms with Crippen molar-refractivity contribution in [1.29, 1.82) is 0 Å². The van der Waals surface area contributed by atoms with E-state index in [2.05, 4.69) is 28.1 Å². The monoisotopic (exact) mass is 357 g/mol. The van der Waals surface area contributed by atoms with Gasteiger partial charge in [0.25, 0.3) is 5.91 Å². The third-order valence-electron chi connectivity index (χ3n) is 5.18. The summed E-state index contributed by atoms with van der Waals surface area (Å²) in [6.45, 7) is 0.796. The molecule has 1 aromatic heterocycles. The van der Waals surface area contributed by atoms with Gasteiger partial charge in [0.1, 0.15) is 5.82 Å². The first-order valence-electron chi connectivity index (χ1n) is 9.35. The van der Waals surface area contributed by atoms with Crippen molar-refractivity contribution < 1.29 is 4.79 Å². The van der Waals surface area contributed by atoms with Crippen LogP contribution >= 0.6 is 0 Å². The number of aromatic nitrogens is 1. The summed E-state index contributed by atoms with van der Waals surface area (Å²) in [5.74, 6) is 0.993. The van der Waals surface area contributed by atoms with Gasteiger partial charge in [-0.15, -0.1) is 0 Å². The molecule has 2 aromatic carbocycles. The molecule has 4 nitrogen and oxygen atoms in total. The number of hydrogen-bond acceptors (Lipinski definition) is 3. The zero-order chi connectivity index (χ0) is 18.6. The fourth-order valence-electron chi connectivity index (χ4n) is 3.68. The number of hydrogen-bond donors (Lipinski definition) is 0. The Morgan fingerprint density at radius 2 is 1.70 bits per heavy atom. The lowest BCUT2D eigenvalue weighted by Crippen LogP contribution is -2.30. The number of carbonyl (C=O) groups is 1. The van der Waals surface area contributed by atoms with Gasteiger partial charge in [-0.25, -0.2) is 4.98 Å². The first-order valence-corrected chi connectivity index (χ1v) is 9.35. The molecule has 4 heteroatoms. The van der Waals surface area contributed by atoms with Crippen LogP contribution in [0.2, 0.25) is 0 Å². The second-order valence-electron chi connectivity index (χ2n) is 6.87. The largest absolute Gasteiger partial charge is 0.332 e. The molecule has 1 atom stereocenters. The average Bonchev–Trinajstić information content (AvgIpc) is 3.24. The van der Waals surface area contributed by atoms with Crippen molar-refractivity contribution in [2.45, 2.75) is 18.9 Å². The SMILES string of the molecule is CN(c1ccccc1)c1ccc(C2CCCN2C(=O)c2ccccc2)cn1. The molecule has 2 heterocycles. The van der Waals surface area contributed by atoms with Gasteiger partial charge in [0.15, 0.2) is 0 Å². The third-order valence-corrected chi connectivity index (χ3v) is 5.18. The lowest BCUT2D eigenvalue weighted by atomic mass is 10.1. The van der Waals surface area contributed by atoms with Crippen LogP contribution in [0.15, 0.2) is 79.0 Å². The predicted molar refractivity (Wildman–Crippen MR) is 108 cm³/mol. The minimum Gasteiger partial charge on any atom is -0.332 e. The number of pyridine rings is 1. The standard InChI is InChI=1S/C23H23N3O/c1-25(20-11-6-3-7-12-20)22-15-14-19(17-24-22)21-13-8-16-26(21)23(27)18-9-4-2-5-10-18/h2-7,9-12,14-15,17,21H,8,13,16H2,1H3. The van der Waals surface area contributed by atoms with Gasteiger partial charge in [0.05, 0.1) is 6.04 Å². The van der Waals surface area contributed by atoms with E-state index in [1.54, 1.807) is 0 Å².